The van der Waals surface area contributed by atoms with Crippen LogP contribution in [0.3, 0.4) is 0 Å². The molecule has 0 radical (unpaired) electrons. The number of benzene rings is 2. The van der Waals surface area contributed by atoms with Crippen molar-refractivity contribution in [3.05, 3.63) is 64.7 Å². The quantitative estimate of drug-likeness (QED) is 0.534. The fourth-order valence-electron chi connectivity index (χ4n) is 5.68. The van der Waals surface area contributed by atoms with Crippen LogP contribution in [0, 0.1) is 18.8 Å². The Morgan fingerprint density at radius 2 is 1.83 bits per heavy atom. The molecule has 186 valence electrons. The van der Waals surface area contributed by atoms with Gasteiger partial charge in [0.05, 0.1) is 18.7 Å². The third-order valence-corrected chi connectivity index (χ3v) is 7.85. The van der Waals surface area contributed by atoms with Crippen molar-refractivity contribution in [2.24, 2.45) is 16.8 Å². The lowest BCUT2D eigenvalue weighted by atomic mass is 9.76. The topological polar surface area (TPSA) is 79.2 Å². The zero-order valence-electron chi connectivity index (χ0n) is 21.4. The van der Waals surface area contributed by atoms with Crippen LogP contribution in [0.25, 0.3) is 0 Å². The summed E-state index contributed by atoms with van der Waals surface area (Å²) in [5.74, 6) is 1.00. The second-order valence-electron chi connectivity index (χ2n) is 10.2. The predicted octanol–water partition coefficient (Wildman–Crippen LogP) is 5.81. The summed E-state index contributed by atoms with van der Waals surface area (Å²) in [5, 5.41) is 10.0. The number of methoxy groups -OCH3 is 1. The number of nitrogens with zero attached hydrogens (tertiary/aromatic N) is 2. The molecule has 2 aromatic carbocycles. The Bertz CT molecular complexity index is 1130. The summed E-state index contributed by atoms with van der Waals surface area (Å²) in [6.45, 7) is 8.46. The Kier molecular flexibility index (Phi) is 7.02. The molecule has 0 aromatic heterocycles. The highest BCUT2D eigenvalue weighted by atomic mass is 16.5. The number of ether oxygens (including phenoxy) is 1. The summed E-state index contributed by atoms with van der Waals surface area (Å²) in [7, 11) is 1.37. The Hall–Kier alpha value is -3.15. The van der Waals surface area contributed by atoms with Crippen molar-refractivity contribution in [1.29, 1.82) is 0 Å². The molecule has 35 heavy (non-hydrogen) atoms. The number of esters is 1. The Morgan fingerprint density at radius 1 is 1.17 bits per heavy atom. The van der Waals surface area contributed by atoms with Crippen LogP contribution >= 0.6 is 0 Å². The Morgan fingerprint density at radius 3 is 2.37 bits per heavy atom. The molecule has 1 aliphatic carbocycles. The maximum Gasteiger partial charge on any atom is 0.337 e. The average molecular weight is 477 g/mol. The highest BCUT2D eigenvalue weighted by Crippen LogP contribution is 2.47. The lowest BCUT2D eigenvalue weighted by molar-refractivity contribution is -0.133. The van der Waals surface area contributed by atoms with E-state index < -0.39 is 5.66 Å². The molecule has 2 aromatic rings. The number of rotatable bonds is 6. The molecule has 0 bridgehead atoms. The number of aliphatic imine (C=N–C) groups is 1. The third kappa shape index (κ3) is 4.58. The molecule has 1 amide bonds. The van der Waals surface area contributed by atoms with Crippen molar-refractivity contribution in [3.63, 3.8) is 0 Å². The van der Waals surface area contributed by atoms with Crippen LogP contribution in [0.4, 0.5) is 0 Å². The van der Waals surface area contributed by atoms with Gasteiger partial charge in [0.25, 0.3) is 5.91 Å². The van der Waals surface area contributed by atoms with E-state index in [0.29, 0.717) is 23.1 Å². The zero-order chi connectivity index (χ0) is 25.3. The summed E-state index contributed by atoms with van der Waals surface area (Å²) in [4.78, 5) is 33.1. The smallest absolute Gasteiger partial charge is 0.337 e. The third-order valence-electron chi connectivity index (χ3n) is 7.85. The SMILES string of the molecule is CC[C@H](c1ccc(C(=O)OC)cc1)N1C(=O)C(c2ccc(O)c(C)c2)=NC12CCC(C(C)C)CC2. The van der Waals surface area contributed by atoms with E-state index in [1.807, 2.05) is 30.0 Å². The first kappa shape index (κ1) is 25.0. The highest BCUT2D eigenvalue weighted by Gasteiger charge is 2.51. The fourth-order valence-corrected chi connectivity index (χ4v) is 5.68. The largest absolute Gasteiger partial charge is 0.508 e. The molecule has 1 fully saturated rings. The summed E-state index contributed by atoms with van der Waals surface area (Å²) < 4.78 is 4.84. The Balaban J connectivity index is 1.75. The molecular weight excluding hydrogens is 440 g/mol. The normalized spacial score (nSPS) is 23.0. The second kappa shape index (κ2) is 9.84. The van der Waals surface area contributed by atoms with Crippen molar-refractivity contribution >= 4 is 17.6 Å². The van der Waals surface area contributed by atoms with Gasteiger partial charge in [-0.05, 0) is 92.3 Å². The van der Waals surface area contributed by atoms with Gasteiger partial charge in [0, 0.05) is 5.56 Å². The van der Waals surface area contributed by atoms with Crippen LogP contribution in [0.2, 0.25) is 0 Å². The molecule has 0 saturated heterocycles. The lowest BCUT2D eigenvalue weighted by Gasteiger charge is -2.46. The van der Waals surface area contributed by atoms with Crippen LogP contribution in [-0.2, 0) is 9.53 Å². The van der Waals surface area contributed by atoms with E-state index in [1.54, 1.807) is 24.3 Å². The van der Waals surface area contributed by atoms with Gasteiger partial charge in [-0.3, -0.25) is 9.79 Å². The number of amides is 1. The number of phenolic OH excluding ortho intramolecular Hbond substituents is 1. The maximum atomic E-state index is 14.0. The molecule has 4 rings (SSSR count). The number of aryl methyl sites for hydroxylation is 1. The molecule has 6 heteroatoms. The number of carbonyl (C=O) groups is 2. The first-order chi connectivity index (χ1) is 16.7. The first-order valence-electron chi connectivity index (χ1n) is 12.6. The molecular formula is C29H36N2O4. The zero-order valence-corrected chi connectivity index (χ0v) is 21.4. The molecule has 1 N–H and O–H groups in total. The van der Waals surface area contributed by atoms with Crippen molar-refractivity contribution in [3.8, 4) is 5.75 Å². The number of carbonyl (C=O) groups excluding carboxylic acids is 2. The van der Waals surface area contributed by atoms with Crippen molar-refractivity contribution in [2.75, 3.05) is 7.11 Å². The molecule has 6 nitrogen and oxygen atoms in total. The standard InChI is InChI=1S/C29H36N2O4/c1-6-24(21-7-9-22(10-8-21)28(34)35-5)31-27(33)26(23-11-12-25(32)19(4)17-23)30-29(31)15-13-20(14-16-29)18(2)3/h7-12,17-18,20,24,32H,6,13-16H2,1-5H3/t20?,24-,29?/m1/s1. The number of phenols is 1. The predicted molar refractivity (Wildman–Crippen MR) is 137 cm³/mol. The van der Waals surface area contributed by atoms with Gasteiger partial charge in [-0.15, -0.1) is 0 Å². The van der Waals surface area contributed by atoms with E-state index in [4.69, 9.17) is 9.73 Å². The van der Waals surface area contributed by atoms with Crippen molar-refractivity contribution in [1.82, 2.24) is 4.90 Å². The Labute approximate surface area is 208 Å². The number of hydrogen-bond acceptors (Lipinski definition) is 5. The molecule has 1 atom stereocenters. The number of aromatic hydroxyl groups is 1. The van der Waals surface area contributed by atoms with Crippen LogP contribution in [0.15, 0.2) is 47.5 Å². The average Bonchev–Trinajstić information content (AvgIpc) is 3.13. The van der Waals surface area contributed by atoms with Crippen LogP contribution < -0.4 is 0 Å². The minimum absolute atomic E-state index is 0.0676. The van der Waals surface area contributed by atoms with Gasteiger partial charge in [0.15, 0.2) is 0 Å². The van der Waals surface area contributed by atoms with Gasteiger partial charge in [0.2, 0.25) is 0 Å². The summed E-state index contributed by atoms with van der Waals surface area (Å²) in [5.41, 5.74) is 2.83. The minimum atomic E-state index is -0.578. The molecule has 1 heterocycles. The summed E-state index contributed by atoms with van der Waals surface area (Å²) in [6.07, 6.45) is 4.46. The van der Waals surface area contributed by atoms with Crippen molar-refractivity contribution in [2.45, 2.75) is 71.5 Å². The van der Waals surface area contributed by atoms with Gasteiger partial charge in [-0.1, -0.05) is 32.9 Å². The maximum absolute atomic E-state index is 14.0. The van der Waals surface area contributed by atoms with E-state index in [-0.39, 0.29) is 23.7 Å². The molecule has 0 unspecified atom stereocenters. The van der Waals surface area contributed by atoms with E-state index in [2.05, 4.69) is 20.8 Å². The van der Waals surface area contributed by atoms with E-state index in [0.717, 1.165) is 48.8 Å². The van der Waals surface area contributed by atoms with Crippen LogP contribution in [-0.4, -0.2) is 40.4 Å². The molecule has 1 saturated carbocycles. The van der Waals surface area contributed by atoms with E-state index in [1.165, 1.54) is 7.11 Å². The van der Waals surface area contributed by atoms with Gasteiger partial charge in [-0.2, -0.15) is 0 Å². The lowest BCUT2D eigenvalue weighted by Crippen LogP contribution is -2.51. The van der Waals surface area contributed by atoms with Crippen LogP contribution in [0.5, 0.6) is 5.75 Å². The van der Waals surface area contributed by atoms with Gasteiger partial charge in [0.1, 0.15) is 17.1 Å². The fraction of sp³-hybridized carbons (Fsp3) is 0.483. The monoisotopic (exact) mass is 476 g/mol. The van der Waals surface area contributed by atoms with E-state index >= 15 is 0 Å². The molecule has 2 aliphatic rings. The molecule has 1 aliphatic heterocycles. The highest BCUT2D eigenvalue weighted by molar-refractivity contribution is 6.46. The number of hydrogen-bond donors (Lipinski definition) is 1. The first-order valence-corrected chi connectivity index (χ1v) is 12.6. The summed E-state index contributed by atoms with van der Waals surface area (Å²) >= 11 is 0. The van der Waals surface area contributed by atoms with Gasteiger partial charge in [-0.25, -0.2) is 4.79 Å². The summed E-state index contributed by atoms with van der Waals surface area (Å²) in [6, 6.07) is 12.5. The van der Waals surface area contributed by atoms with Gasteiger partial charge < -0.3 is 14.7 Å². The molecule has 1 spiro atoms. The van der Waals surface area contributed by atoms with E-state index in [9.17, 15) is 14.7 Å². The minimum Gasteiger partial charge on any atom is -0.508 e. The second-order valence-corrected chi connectivity index (χ2v) is 10.2. The van der Waals surface area contributed by atoms with Crippen molar-refractivity contribution < 1.29 is 19.4 Å². The van der Waals surface area contributed by atoms with Gasteiger partial charge >= 0.3 is 5.97 Å². The van der Waals surface area contributed by atoms with Crippen LogP contribution in [0.1, 0.15) is 86.0 Å².